The van der Waals surface area contributed by atoms with Gasteiger partial charge in [0.1, 0.15) is 11.8 Å². The van der Waals surface area contributed by atoms with Crippen LogP contribution >= 0.6 is 0 Å². The number of ether oxygens (including phenoxy) is 1. The average molecular weight is 246 g/mol. The molecule has 1 fully saturated rings. The van der Waals surface area contributed by atoms with Crippen LogP contribution in [0.5, 0.6) is 0 Å². The first-order valence-corrected chi connectivity index (χ1v) is 6.16. The third-order valence-corrected chi connectivity index (χ3v) is 2.64. The first-order valence-electron chi connectivity index (χ1n) is 6.16. The van der Waals surface area contributed by atoms with Crippen LogP contribution in [0.3, 0.4) is 0 Å². The number of rotatable bonds is 2. The second kappa shape index (κ2) is 5.67. The molecule has 17 heavy (non-hydrogen) atoms. The zero-order valence-corrected chi connectivity index (χ0v) is 11.1. The SMILES string of the molecule is CCN1CC(F)CC(NC(=O)OC(C)(C)C)C1. The fraction of sp³-hybridized carbons (Fsp3) is 0.917. The van der Waals surface area contributed by atoms with Gasteiger partial charge in [-0.05, 0) is 27.3 Å². The van der Waals surface area contributed by atoms with Gasteiger partial charge in [0.2, 0.25) is 0 Å². The van der Waals surface area contributed by atoms with Crippen LogP contribution in [0, 0.1) is 0 Å². The average Bonchev–Trinajstić information content (AvgIpc) is 2.13. The number of likely N-dealkylation sites (tertiary alicyclic amines) is 1. The van der Waals surface area contributed by atoms with Crippen LogP contribution in [-0.4, -0.2) is 48.4 Å². The maximum Gasteiger partial charge on any atom is 0.407 e. The molecule has 1 aliphatic heterocycles. The molecule has 1 N–H and O–H groups in total. The quantitative estimate of drug-likeness (QED) is 0.809. The molecule has 0 aliphatic carbocycles. The summed E-state index contributed by atoms with van der Waals surface area (Å²) in [4.78, 5) is 13.6. The molecule has 0 aromatic heterocycles. The topological polar surface area (TPSA) is 41.6 Å². The summed E-state index contributed by atoms with van der Waals surface area (Å²) in [6.07, 6.45) is -0.966. The lowest BCUT2D eigenvalue weighted by atomic mass is 10.0. The van der Waals surface area contributed by atoms with Gasteiger partial charge in [0, 0.05) is 25.6 Å². The maximum absolute atomic E-state index is 13.4. The Balaban J connectivity index is 2.42. The van der Waals surface area contributed by atoms with Crippen LogP contribution in [0.25, 0.3) is 0 Å². The Hall–Kier alpha value is -0.840. The van der Waals surface area contributed by atoms with Crippen molar-refractivity contribution in [1.29, 1.82) is 0 Å². The molecule has 1 rings (SSSR count). The Kier molecular flexibility index (Phi) is 4.74. The van der Waals surface area contributed by atoms with Gasteiger partial charge in [0.15, 0.2) is 0 Å². The largest absolute Gasteiger partial charge is 0.444 e. The standard InChI is InChI=1S/C12H23FN2O2/c1-5-15-7-9(13)6-10(8-15)14-11(16)17-12(2,3)4/h9-10H,5-8H2,1-4H3,(H,14,16). The van der Waals surface area contributed by atoms with E-state index in [1.165, 1.54) is 0 Å². The molecular weight excluding hydrogens is 223 g/mol. The van der Waals surface area contributed by atoms with Crippen molar-refractivity contribution in [3.63, 3.8) is 0 Å². The minimum Gasteiger partial charge on any atom is -0.444 e. The summed E-state index contributed by atoms with van der Waals surface area (Å²) >= 11 is 0. The number of nitrogens with zero attached hydrogens (tertiary/aromatic N) is 1. The zero-order valence-electron chi connectivity index (χ0n) is 11.1. The number of alkyl halides is 1. The highest BCUT2D eigenvalue weighted by atomic mass is 19.1. The van der Waals surface area contributed by atoms with Crippen molar-refractivity contribution in [2.45, 2.75) is 51.9 Å². The first-order chi connectivity index (χ1) is 7.80. The molecule has 100 valence electrons. The molecule has 2 unspecified atom stereocenters. The molecule has 1 amide bonds. The van der Waals surface area contributed by atoms with Gasteiger partial charge in [-0.2, -0.15) is 0 Å². The third-order valence-electron chi connectivity index (χ3n) is 2.64. The first kappa shape index (κ1) is 14.2. The Morgan fingerprint density at radius 1 is 1.47 bits per heavy atom. The van der Waals surface area contributed by atoms with E-state index in [0.717, 1.165) is 6.54 Å². The highest BCUT2D eigenvalue weighted by molar-refractivity contribution is 5.68. The lowest BCUT2D eigenvalue weighted by Gasteiger charge is -2.34. The van der Waals surface area contributed by atoms with E-state index in [1.807, 2.05) is 32.6 Å². The van der Waals surface area contributed by atoms with E-state index >= 15 is 0 Å². The normalized spacial score (nSPS) is 26.6. The minimum atomic E-state index is -0.872. The predicted octanol–water partition coefficient (Wildman–Crippen LogP) is 1.94. The van der Waals surface area contributed by atoms with E-state index in [4.69, 9.17) is 4.74 Å². The molecule has 1 saturated heterocycles. The van der Waals surface area contributed by atoms with E-state index in [-0.39, 0.29) is 6.04 Å². The Bertz CT molecular complexity index is 266. The van der Waals surface area contributed by atoms with Crippen LogP contribution in [0.1, 0.15) is 34.1 Å². The van der Waals surface area contributed by atoms with Crippen LogP contribution < -0.4 is 5.32 Å². The number of amides is 1. The van der Waals surface area contributed by atoms with Crippen molar-refractivity contribution in [3.05, 3.63) is 0 Å². The van der Waals surface area contributed by atoms with E-state index < -0.39 is 17.9 Å². The van der Waals surface area contributed by atoms with Crippen LogP contribution in [0.15, 0.2) is 0 Å². The fourth-order valence-electron chi connectivity index (χ4n) is 1.96. The molecule has 0 saturated carbocycles. The molecule has 5 heteroatoms. The third kappa shape index (κ3) is 5.35. The van der Waals surface area contributed by atoms with Crippen LogP contribution in [0.2, 0.25) is 0 Å². The number of carbonyl (C=O) groups is 1. The van der Waals surface area contributed by atoms with Crippen molar-refractivity contribution in [2.24, 2.45) is 0 Å². The molecular formula is C12H23FN2O2. The highest BCUT2D eigenvalue weighted by Gasteiger charge is 2.28. The van der Waals surface area contributed by atoms with Crippen LogP contribution in [0.4, 0.5) is 9.18 Å². The van der Waals surface area contributed by atoms with E-state index in [1.54, 1.807) is 0 Å². The Morgan fingerprint density at radius 3 is 2.65 bits per heavy atom. The Morgan fingerprint density at radius 2 is 2.12 bits per heavy atom. The molecule has 2 atom stereocenters. The summed E-state index contributed by atoms with van der Waals surface area (Å²) < 4.78 is 18.6. The minimum absolute atomic E-state index is 0.159. The monoisotopic (exact) mass is 246 g/mol. The van der Waals surface area contributed by atoms with Crippen LogP contribution in [-0.2, 0) is 4.74 Å². The van der Waals surface area contributed by atoms with Crippen molar-refractivity contribution in [2.75, 3.05) is 19.6 Å². The second-order valence-electron chi connectivity index (χ2n) is 5.53. The molecule has 0 aromatic carbocycles. The number of nitrogens with one attached hydrogen (secondary N) is 1. The summed E-state index contributed by atoms with van der Waals surface area (Å²) in [6.45, 7) is 9.37. The number of hydrogen-bond acceptors (Lipinski definition) is 3. The Labute approximate surface area is 102 Å². The molecule has 0 bridgehead atoms. The summed E-state index contributed by atoms with van der Waals surface area (Å²) in [5.74, 6) is 0. The van der Waals surface area contributed by atoms with Gasteiger partial charge < -0.3 is 10.1 Å². The number of piperidine rings is 1. The molecule has 0 spiro atoms. The molecule has 1 heterocycles. The lowest BCUT2D eigenvalue weighted by Crippen LogP contribution is -2.52. The van der Waals surface area contributed by atoms with E-state index in [9.17, 15) is 9.18 Å². The van der Waals surface area contributed by atoms with Gasteiger partial charge in [-0.3, -0.25) is 4.90 Å². The maximum atomic E-state index is 13.4. The van der Waals surface area contributed by atoms with Crippen molar-refractivity contribution < 1.29 is 13.9 Å². The fourth-order valence-corrected chi connectivity index (χ4v) is 1.96. The number of hydrogen-bond donors (Lipinski definition) is 1. The summed E-state index contributed by atoms with van der Waals surface area (Å²) in [5.41, 5.74) is -0.516. The lowest BCUT2D eigenvalue weighted by molar-refractivity contribution is 0.0435. The number of likely N-dealkylation sites (N-methyl/N-ethyl adjacent to an activating group) is 1. The summed E-state index contributed by atoms with van der Waals surface area (Å²) in [6, 6.07) is -0.159. The van der Waals surface area contributed by atoms with Gasteiger partial charge >= 0.3 is 6.09 Å². The number of halogens is 1. The van der Waals surface area contributed by atoms with Crippen molar-refractivity contribution >= 4 is 6.09 Å². The van der Waals surface area contributed by atoms with Gasteiger partial charge in [-0.25, -0.2) is 9.18 Å². The van der Waals surface area contributed by atoms with Crippen molar-refractivity contribution in [3.8, 4) is 0 Å². The number of alkyl carbamates (subject to hydrolysis) is 1. The smallest absolute Gasteiger partial charge is 0.407 e. The molecule has 4 nitrogen and oxygen atoms in total. The molecule has 1 aliphatic rings. The van der Waals surface area contributed by atoms with Gasteiger partial charge in [0.05, 0.1) is 0 Å². The van der Waals surface area contributed by atoms with E-state index in [2.05, 4.69) is 5.32 Å². The molecule has 0 aromatic rings. The van der Waals surface area contributed by atoms with Gasteiger partial charge in [0.25, 0.3) is 0 Å². The zero-order chi connectivity index (χ0) is 13.1. The molecule has 0 radical (unpaired) electrons. The van der Waals surface area contributed by atoms with E-state index in [0.29, 0.717) is 19.5 Å². The predicted molar refractivity (Wildman–Crippen MR) is 64.8 cm³/mol. The highest BCUT2D eigenvalue weighted by Crippen LogP contribution is 2.14. The van der Waals surface area contributed by atoms with Gasteiger partial charge in [-0.1, -0.05) is 6.92 Å². The summed E-state index contributed by atoms with van der Waals surface area (Å²) in [7, 11) is 0. The van der Waals surface area contributed by atoms with Crippen molar-refractivity contribution in [1.82, 2.24) is 10.2 Å². The number of carbonyl (C=O) groups excluding carboxylic acids is 1. The second-order valence-corrected chi connectivity index (χ2v) is 5.53. The van der Waals surface area contributed by atoms with Gasteiger partial charge in [-0.15, -0.1) is 0 Å². The summed E-state index contributed by atoms with van der Waals surface area (Å²) in [5, 5.41) is 2.73.